The number of nitrogens with one attached hydrogen (secondary N) is 2. The molecule has 1 saturated carbocycles. The molecule has 6 rings (SSSR count). The van der Waals surface area contributed by atoms with Crippen molar-refractivity contribution in [3.8, 4) is 10.4 Å². The van der Waals surface area contributed by atoms with Gasteiger partial charge in [0.1, 0.15) is 5.69 Å². The van der Waals surface area contributed by atoms with Gasteiger partial charge in [0.2, 0.25) is 0 Å². The number of anilines is 1. The molecule has 0 spiro atoms. The van der Waals surface area contributed by atoms with Crippen LogP contribution in [0.1, 0.15) is 33.0 Å². The molecule has 2 fully saturated rings. The lowest BCUT2D eigenvalue weighted by Crippen LogP contribution is -2.45. The molecule has 9 heteroatoms. The van der Waals surface area contributed by atoms with Gasteiger partial charge in [-0.25, -0.2) is 4.98 Å². The van der Waals surface area contributed by atoms with Crippen molar-refractivity contribution in [3.05, 3.63) is 65.5 Å². The highest BCUT2D eigenvalue weighted by molar-refractivity contribution is 7.19. The molecular formula is C25H24N6O2S. The molecule has 1 aliphatic carbocycles. The fourth-order valence-corrected chi connectivity index (χ4v) is 5.90. The van der Waals surface area contributed by atoms with Gasteiger partial charge < -0.3 is 16.0 Å². The van der Waals surface area contributed by atoms with Gasteiger partial charge in [-0.15, -0.1) is 0 Å². The Morgan fingerprint density at radius 3 is 2.91 bits per heavy atom. The molecule has 8 nitrogen and oxygen atoms in total. The molecule has 4 N–H and O–H groups in total. The number of fused-ring (bicyclic) bond motifs is 2. The van der Waals surface area contributed by atoms with Crippen LogP contribution in [0.4, 0.5) is 5.13 Å². The van der Waals surface area contributed by atoms with Crippen LogP contribution in [-0.2, 0) is 0 Å². The third-order valence-corrected chi connectivity index (χ3v) is 7.78. The highest BCUT2D eigenvalue weighted by Crippen LogP contribution is 2.50. The summed E-state index contributed by atoms with van der Waals surface area (Å²) in [5, 5.41) is 11.3. The molecule has 4 aromatic rings. The quantitative estimate of drug-likeness (QED) is 0.411. The Labute approximate surface area is 200 Å². The molecule has 1 saturated heterocycles. The van der Waals surface area contributed by atoms with Gasteiger partial charge in [-0.2, -0.15) is 5.10 Å². The average Bonchev–Trinajstić information content (AvgIpc) is 3.17. The maximum absolute atomic E-state index is 13.6. The minimum atomic E-state index is -0.243. The van der Waals surface area contributed by atoms with Crippen molar-refractivity contribution in [3.63, 3.8) is 0 Å². The van der Waals surface area contributed by atoms with E-state index in [0.29, 0.717) is 41.4 Å². The Hall–Kier alpha value is -3.72. The fourth-order valence-electron chi connectivity index (χ4n) is 5.08. The summed E-state index contributed by atoms with van der Waals surface area (Å²) < 4.78 is 0. The van der Waals surface area contributed by atoms with E-state index >= 15 is 0 Å². The number of carbonyl (C=O) groups is 2. The van der Waals surface area contributed by atoms with Crippen molar-refractivity contribution < 1.29 is 9.59 Å². The van der Waals surface area contributed by atoms with E-state index in [1.807, 2.05) is 60.4 Å². The van der Waals surface area contributed by atoms with E-state index in [1.54, 1.807) is 0 Å². The Balaban J connectivity index is 1.23. The van der Waals surface area contributed by atoms with Gasteiger partial charge >= 0.3 is 0 Å². The number of nitrogens with zero attached hydrogens (tertiary/aromatic N) is 3. The summed E-state index contributed by atoms with van der Waals surface area (Å²) in [6.07, 6.45) is 1.08. The Morgan fingerprint density at radius 2 is 2.06 bits per heavy atom. The zero-order chi connectivity index (χ0) is 23.4. The van der Waals surface area contributed by atoms with Crippen LogP contribution < -0.4 is 11.1 Å². The number of H-pyrrole nitrogens is 1. The summed E-state index contributed by atoms with van der Waals surface area (Å²) in [5.41, 5.74) is 9.66. The largest absolute Gasteiger partial charge is 0.375 e. The molecule has 3 atom stereocenters. The SMILES string of the molecule is Cc1cccc(-c2sc(N)nc2C(=O)N2C[C@H]3C[C@H]3[C@H]2CNC(=O)c2n[nH]c3ccccc23)c1. The number of nitrogens with two attached hydrogens (primary N) is 1. The highest BCUT2D eigenvalue weighted by Gasteiger charge is 2.54. The number of thiazole rings is 1. The minimum Gasteiger partial charge on any atom is -0.375 e. The third kappa shape index (κ3) is 3.52. The van der Waals surface area contributed by atoms with Gasteiger partial charge in [0.25, 0.3) is 11.8 Å². The summed E-state index contributed by atoms with van der Waals surface area (Å²) in [7, 11) is 0. The maximum atomic E-state index is 13.6. The zero-order valence-electron chi connectivity index (χ0n) is 18.6. The summed E-state index contributed by atoms with van der Waals surface area (Å²) >= 11 is 1.33. The lowest BCUT2D eigenvalue weighted by molar-refractivity contribution is 0.0690. The number of likely N-dealkylation sites (tertiary alicyclic amines) is 1. The fraction of sp³-hybridized carbons (Fsp3) is 0.280. The number of benzene rings is 2. The van der Waals surface area contributed by atoms with Crippen molar-refractivity contribution in [2.75, 3.05) is 18.8 Å². The molecule has 0 bridgehead atoms. The third-order valence-electron chi connectivity index (χ3n) is 6.85. The first-order valence-corrected chi connectivity index (χ1v) is 12.2. The molecule has 2 aromatic carbocycles. The lowest BCUT2D eigenvalue weighted by atomic mass is 10.1. The number of rotatable bonds is 5. The summed E-state index contributed by atoms with van der Waals surface area (Å²) in [4.78, 5) is 33.6. The highest BCUT2D eigenvalue weighted by atomic mass is 32.1. The minimum absolute atomic E-state index is 0.0695. The molecule has 172 valence electrons. The first-order valence-electron chi connectivity index (χ1n) is 11.3. The molecule has 3 heterocycles. The molecule has 2 amide bonds. The van der Waals surface area contributed by atoms with Crippen LogP contribution >= 0.6 is 11.3 Å². The first-order chi connectivity index (χ1) is 16.5. The summed E-state index contributed by atoms with van der Waals surface area (Å²) in [6, 6.07) is 15.5. The molecule has 2 aromatic heterocycles. The van der Waals surface area contributed by atoms with Crippen molar-refractivity contribution >= 4 is 39.2 Å². The topological polar surface area (TPSA) is 117 Å². The number of carbonyl (C=O) groups excluding carboxylic acids is 2. The number of nitrogen functional groups attached to an aromatic ring is 1. The van der Waals surface area contributed by atoms with E-state index < -0.39 is 0 Å². The van der Waals surface area contributed by atoms with E-state index in [-0.39, 0.29) is 17.9 Å². The van der Waals surface area contributed by atoms with Crippen LogP contribution in [-0.4, -0.2) is 51.0 Å². The van der Waals surface area contributed by atoms with Crippen molar-refractivity contribution in [2.45, 2.75) is 19.4 Å². The van der Waals surface area contributed by atoms with Gasteiger partial charge in [0, 0.05) is 18.5 Å². The number of piperidine rings is 1. The second-order valence-corrected chi connectivity index (χ2v) is 10.1. The van der Waals surface area contributed by atoms with Gasteiger partial charge in [-0.3, -0.25) is 14.7 Å². The number of aromatic nitrogens is 3. The monoisotopic (exact) mass is 472 g/mol. The van der Waals surface area contributed by atoms with E-state index in [2.05, 4.69) is 20.5 Å². The maximum Gasteiger partial charge on any atom is 0.274 e. The van der Waals surface area contributed by atoms with Crippen LogP contribution in [0, 0.1) is 18.8 Å². The molecular weight excluding hydrogens is 448 g/mol. The van der Waals surface area contributed by atoms with Crippen molar-refractivity contribution in [2.24, 2.45) is 11.8 Å². The number of hydrogen-bond acceptors (Lipinski definition) is 6. The number of hydrogen-bond donors (Lipinski definition) is 3. The smallest absolute Gasteiger partial charge is 0.274 e. The van der Waals surface area contributed by atoms with Gasteiger partial charge in [0.05, 0.1) is 16.4 Å². The van der Waals surface area contributed by atoms with E-state index in [0.717, 1.165) is 33.3 Å². The summed E-state index contributed by atoms with van der Waals surface area (Å²) in [5.74, 6) is 0.516. The average molecular weight is 473 g/mol. The Kier molecular flexibility index (Phi) is 4.88. The number of para-hydroxylation sites is 1. The number of amides is 2. The molecule has 2 aliphatic rings. The van der Waals surface area contributed by atoms with E-state index in [1.165, 1.54) is 11.3 Å². The molecule has 0 radical (unpaired) electrons. The second-order valence-electron chi connectivity index (χ2n) is 9.11. The van der Waals surface area contributed by atoms with Crippen LogP contribution in [0.5, 0.6) is 0 Å². The van der Waals surface area contributed by atoms with Crippen LogP contribution in [0.25, 0.3) is 21.3 Å². The van der Waals surface area contributed by atoms with Gasteiger partial charge in [-0.1, -0.05) is 59.4 Å². The molecule has 34 heavy (non-hydrogen) atoms. The normalized spacial score (nSPS) is 21.0. The van der Waals surface area contributed by atoms with Crippen molar-refractivity contribution in [1.82, 2.24) is 25.4 Å². The molecule has 0 unspecified atom stereocenters. The van der Waals surface area contributed by atoms with Gasteiger partial charge in [-0.05, 0) is 36.8 Å². The number of aryl methyl sites for hydroxylation is 1. The van der Waals surface area contributed by atoms with E-state index in [4.69, 9.17) is 5.73 Å². The zero-order valence-corrected chi connectivity index (χ0v) is 19.4. The lowest BCUT2D eigenvalue weighted by Gasteiger charge is -2.27. The van der Waals surface area contributed by atoms with E-state index in [9.17, 15) is 9.59 Å². The Morgan fingerprint density at radius 1 is 1.21 bits per heavy atom. The predicted molar refractivity (Wildman–Crippen MR) is 132 cm³/mol. The standard InChI is InChI=1S/C25H24N6O2S/c1-13-5-4-6-14(9-13)22-21(28-25(26)34-22)24(33)31-12-15-10-17(15)19(31)11-27-23(32)20-16-7-2-3-8-18(16)29-30-20/h2-9,15,17,19H,10-12H2,1H3,(H2,26,28)(H,27,32)(H,29,30)/t15-,17-,19-/m1/s1. The predicted octanol–water partition coefficient (Wildman–Crippen LogP) is 3.47. The van der Waals surface area contributed by atoms with Crippen LogP contribution in [0.3, 0.4) is 0 Å². The van der Waals surface area contributed by atoms with Crippen LogP contribution in [0.15, 0.2) is 48.5 Å². The summed E-state index contributed by atoms with van der Waals surface area (Å²) in [6.45, 7) is 3.08. The first kappa shape index (κ1) is 20.9. The van der Waals surface area contributed by atoms with Crippen molar-refractivity contribution in [1.29, 1.82) is 0 Å². The van der Waals surface area contributed by atoms with Crippen LogP contribution in [0.2, 0.25) is 0 Å². The number of aromatic amines is 1. The van der Waals surface area contributed by atoms with Gasteiger partial charge in [0.15, 0.2) is 10.8 Å². The second kappa shape index (κ2) is 7.95. The Bertz CT molecular complexity index is 1430. The molecule has 1 aliphatic heterocycles.